The van der Waals surface area contributed by atoms with Gasteiger partial charge in [0.25, 0.3) is 0 Å². The predicted molar refractivity (Wildman–Crippen MR) is 258 cm³/mol. The number of nitrogens with zero attached hydrogens (tertiary/aromatic N) is 4. The first-order valence-corrected chi connectivity index (χ1v) is 26.1. The van der Waals surface area contributed by atoms with Gasteiger partial charge in [-0.2, -0.15) is 16.8 Å². The third kappa shape index (κ3) is 12.0. The summed E-state index contributed by atoms with van der Waals surface area (Å²) in [5.41, 5.74) is 12.3. The van der Waals surface area contributed by atoms with E-state index in [1.165, 1.54) is 97.1 Å². The minimum atomic E-state index is -4.92. The molecule has 0 bridgehead atoms. The summed E-state index contributed by atoms with van der Waals surface area (Å²) in [7, 11) is -18.9. The number of anilines is 2. The van der Waals surface area contributed by atoms with Gasteiger partial charge in [-0.15, -0.1) is 20.5 Å². The molecule has 8 aromatic rings. The Morgan fingerprint density at radius 3 is 1.16 bits per heavy atom. The van der Waals surface area contributed by atoms with Gasteiger partial charge in [0.05, 0.1) is 31.9 Å². The predicted octanol–water partition coefficient (Wildman–Crippen LogP) is 3.08. The molecule has 0 saturated heterocycles. The summed E-state index contributed by atoms with van der Waals surface area (Å²) >= 11 is 0. The molecule has 0 aliphatic rings. The Kier molecular flexibility index (Phi) is 16.5. The van der Waals surface area contributed by atoms with Gasteiger partial charge < -0.3 is 39.2 Å². The van der Waals surface area contributed by atoms with Gasteiger partial charge >= 0.3 is 79.4 Å². The topological polar surface area (TPSA) is 343 Å². The minimum Gasteiger partial charge on any atom is -0.744 e. The molecule has 0 aliphatic heterocycles. The molecule has 8 aromatic carbocycles. The fourth-order valence-corrected chi connectivity index (χ4v) is 10.6. The van der Waals surface area contributed by atoms with Gasteiger partial charge in [0, 0.05) is 5.41 Å². The third-order valence-electron chi connectivity index (χ3n) is 11.1. The van der Waals surface area contributed by atoms with Crippen molar-refractivity contribution in [2.24, 2.45) is 20.5 Å². The van der Waals surface area contributed by atoms with E-state index in [4.69, 9.17) is 19.8 Å². The number of nitrogen functional groups attached to an aromatic ring is 2. The molecule has 0 amide bonds. The van der Waals surface area contributed by atoms with Crippen molar-refractivity contribution in [1.82, 2.24) is 0 Å². The Morgan fingerprint density at radius 2 is 0.822 bits per heavy atom. The maximum Gasteiger partial charge on any atom is 1.00 e. The summed E-state index contributed by atoms with van der Waals surface area (Å²) in [5, 5.41) is 37.8. The number of hydrogen-bond donors (Lipinski definition) is 4. The van der Waals surface area contributed by atoms with Crippen LogP contribution < -0.4 is 78.9 Å². The van der Waals surface area contributed by atoms with E-state index in [0.29, 0.717) is 11.1 Å². The van der Waals surface area contributed by atoms with Crippen LogP contribution in [0, 0.1) is 0 Å². The first kappa shape index (κ1) is 56.3. The average molecular weight is 1080 g/mol. The van der Waals surface area contributed by atoms with E-state index in [-0.39, 0.29) is 136 Å². The number of hydrogen-bond acceptors (Lipinski definition) is 20. The summed E-state index contributed by atoms with van der Waals surface area (Å²) < 4.78 is 135. The number of aromatic hydroxyl groups is 2. The van der Waals surface area contributed by atoms with Crippen LogP contribution in [0.1, 0.15) is 25.0 Å². The molecule has 0 spiro atoms. The van der Waals surface area contributed by atoms with E-state index in [1.54, 1.807) is 24.3 Å². The molecule has 73 heavy (non-hydrogen) atoms. The van der Waals surface area contributed by atoms with Gasteiger partial charge in [0.15, 0.2) is 0 Å². The fourth-order valence-electron chi connectivity index (χ4n) is 7.41. The molecule has 6 N–H and O–H groups in total. The number of azo groups is 2. The van der Waals surface area contributed by atoms with E-state index >= 15 is 0 Å². The van der Waals surface area contributed by atoms with Crippen molar-refractivity contribution in [3.8, 4) is 23.0 Å². The Balaban J connectivity index is 0.00000435. The molecule has 26 heteroatoms. The van der Waals surface area contributed by atoms with Gasteiger partial charge in [-0.25, -0.2) is 16.8 Å². The number of nitrogens with two attached hydrogens (primary N) is 2. The first-order chi connectivity index (χ1) is 33.3. The van der Waals surface area contributed by atoms with Gasteiger partial charge in [-0.05, 0) is 107 Å². The zero-order valence-electron chi connectivity index (χ0n) is 38.7. The first-order valence-electron chi connectivity index (χ1n) is 20.5. The van der Waals surface area contributed by atoms with Crippen molar-refractivity contribution >= 4 is 96.1 Å². The monoisotopic (exact) mass is 1080 g/mol. The zero-order valence-corrected chi connectivity index (χ0v) is 46.0. The third-order valence-corrected chi connectivity index (χ3v) is 15.3. The molecule has 0 aliphatic carbocycles. The maximum atomic E-state index is 13.7. The minimum absolute atomic E-state index is 0. The van der Waals surface area contributed by atoms with Crippen LogP contribution in [0.2, 0.25) is 0 Å². The van der Waals surface area contributed by atoms with E-state index in [2.05, 4.69) is 20.5 Å². The van der Waals surface area contributed by atoms with Crippen LogP contribution in [0.15, 0.2) is 186 Å². The van der Waals surface area contributed by atoms with Gasteiger partial charge in [0.1, 0.15) is 75.8 Å². The Hall–Kier alpha value is -6.00. The summed E-state index contributed by atoms with van der Waals surface area (Å²) in [5.74, 6) is -1.34. The van der Waals surface area contributed by atoms with E-state index in [0.717, 1.165) is 24.3 Å². The SMILES string of the molecule is CC(C)(c1ccc(OS(=O)(=O)c2ccccc2N=Nc2c(N)ccc3cc(S(=O)(=O)[O-])cc(O)c23)cc1)c1ccc(OS(=O)(=O)c2ccccc2N=Nc2c(N)ccc3cc(S(=O)(=O)[O-])cc(O)c23)cc1.[Na+].[Na+]. The molecule has 0 saturated carbocycles. The second-order valence-electron chi connectivity index (χ2n) is 16.1. The number of phenolic OH excluding ortho intramolecular Hbond substituents is 2. The van der Waals surface area contributed by atoms with Crippen LogP contribution >= 0.6 is 0 Å². The Bertz CT molecular complexity index is 3740. The summed E-state index contributed by atoms with van der Waals surface area (Å²) in [6, 6.07) is 32.5. The fraction of sp³-hybridized carbons (Fsp3) is 0.0638. The Morgan fingerprint density at radius 1 is 0.479 bits per heavy atom. The second-order valence-corrected chi connectivity index (χ2v) is 21.9. The molecule has 0 aromatic heterocycles. The standard InChI is InChI=1S/C47H38N6O14S4.2Na/c1-47(2,29-13-17-31(18-14-29)66-70(62,63)41-9-5-3-7-37(41)50-52-45-35(48)21-11-27-23-33(68(56,57)58)25-39(54)43(27)45)30-15-19-32(20-16-30)67-71(64,65)42-10-6-4-8-38(42)51-53-46-36(49)22-12-28-24-34(69(59,60)61)26-40(55)44(28)46;;/h3-26,54-55H,48-49H2,1-2H3,(H,56,57,58)(H,59,60,61);;/q;2*+1/p-2. The molecule has 0 fully saturated rings. The number of fused-ring (bicyclic) bond motifs is 2. The molecular formula is C47H36N6Na2O14S4. The van der Waals surface area contributed by atoms with Gasteiger partial charge in [-0.1, -0.05) is 74.5 Å². The molecule has 8 rings (SSSR count). The zero-order chi connectivity index (χ0) is 51.3. The van der Waals surface area contributed by atoms with Crippen LogP contribution in [-0.4, -0.2) is 53.0 Å². The van der Waals surface area contributed by atoms with Crippen LogP contribution in [0.3, 0.4) is 0 Å². The smallest absolute Gasteiger partial charge is 0.744 e. The van der Waals surface area contributed by atoms with E-state index in [1.807, 2.05) is 13.8 Å². The Labute approximate surface area is 462 Å². The number of benzene rings is 8. The van der Waals surface area contributed by atoms with Crippen molar-refractivity contribution in [3.63, 3.8) is 0 Å². The van der Waals surface area contributed by atoms with Crippen LogP contribution in [0.25, 0.3) is 21.5 Å². The van der Waals surface area contributed by atoms with E-state index < -0.39 is 67.2 Å². The molecule has 0 radical (unpaired) electrons. The normalized spacial score (nSPS) is 12.4. The van der Waals surface area contributed by atoms with Crippen LogP contribution in [-0.2, 0) is 45.9 Å². The quantitative estimate of drug-likeness (QED) is 0.0400. The van der Waals surface area contributed by atoms with E-state index in [9.17, 15) is 53.0 Å². The van der Waals surface area contributed by atoms with Gasteiger partial charge in [-0.3, -0.25) is 0 Å². The van der Waals surface area contributed by atoms with Crippen LogP contribution in [0.5, 0.6) is 23.0 Å². The number of rotatable bonds is 14. The van der Waals surface area contributed by atoms with Gasteiger partial charge in [0.2, 0.25) is 0 Å². The van der Waals surface area contributed by atoms with Crippen molar-refractivity contribution in [2.75, 3.05) is 11.5 Å². The largest absolute Gasteiger partial charge is 1.00 e. The summed E-state index contributed by atoms with van der Waals surface area (Å²) in [6.07, 6.45) is 0. The molecule has 20 nitrogen and oxygen atoms in total. The van der Waals surface area contributed by atoms with Crippen molar-refractivity contribution in [1.29, 1.82) is 0 Å². The van der Waals surface area contributed by atoms with Crippen LogP contribution in [0.4, 0.5) is 34.1 Å². The van der Waals surface area contributed by atoms with Crippen molar-refractivity contribution < 1.29 is 120 Å². The average Bonchev–Trinajstić information content (AvgIpc) is 3.30. The molecular weight excluding hydrogens is 1050 g/mol. The number of phenols is 2. The molecule has 0 atom stereocenters. The van der Waals surface area contributed by atoms with Crippen molar-refractivity contribution in [2.45, 2.75) is 38.8 Å². The summed E-state index contributed by atoms with van der Waals surface area (Å²) in [4.78, 5) is -2.11. The van der Waals surface area contributed by atoms with Crippen molar-refractivity contribution in [3.05, 3.63) is 157 Å². The molecule has 364 valence electrons. The second kappa shape index (κ2) is 21.5. The summed E-state index contributed by atoms with van der Waals surface area (Å²) in [6.45, 7) is 3.77. The molecule has 0 heterocycles. The maximum absolute atomic E-state index is 13.7. The molecule has 0 unspecified atom stereocenters.